The molecule has 2 rings (SSSR count). The Morgan fingerprint density at radius 1 is 1.37 bits per heavy atom. The number of primary sulfonamides is 1. The van der Waals surface area contributed by atoms with Crippen LogP contribution in [0.15, 0.2) is 24.4 Å². The standard InChI is InChI=1S/C11H14N4O3S/c12-7-1-2-10-8(5-7)9(6-15-10)11(16)14-3-4-19(13,17)18/h1-2,5-6,15H,3-4,12H2,(H,14,16)(H2,13,17,18). The summed E-state index contributed by atoms with van der Waals surface area (Å²) in [5.74, 6) is -0.677. The number of nitrogen functional groups attached to an aromatic ring is 1. The van der Waals surface area contributed by atoms with E-state index in [2.05, 4.69) is 10.3 Å². The molecular weight excluding hydrogens is 268 g/mol. The summed E-state index contributed by atoms with van der Waals surface area (Å²) >= 11 is 0. The SMILES string of the molecule is Nc1ccc2[nH]cc(C(=O)NCCS(N)(=O)=O)c2c1. The number of nitrogens with one attached hydrogen (secondary N) is 2. The monoisotopic (exact) mass is 282 g/mol. The first-order chi connectivity index (χ1) is 8.87. The molecule has 0 aliphatic rings. The van der Waals surface area contributed by atoms with Gasteiger partial charge < -0.3 is 16.0 Å². The average Bonchev–Trinajstić information content (AvgIpc) is 2.69. The van der Waals surface area contributed by atoms with Crippen LogP contribution in [0.4, 0.5) is 5.69 Å². The lowest BCUT2D eigenvalue weighted by Gasteiger charge is -2.03. The van der Waals surface area contributed by atoms with Crippen molar-refractivity contribution >= 4 is 32.5 Å². The van der Waals surface area contributed by atoms with Gasteiger partial charge in [-0.2, -0.15) is 0 Å². The Labute approximate surface area is 110 Å². The highest BCUT2D eigenvalue weighted by Crippen LogP contribution is 2.20. The van der Waals surface area contributed by atoms with Crippen molar-refractivity contribution in [3.8, 4) is 0 Å². The third-order valence-electron chi connectivity index (χ3n) is 2.62. The molecule has 0 aliphatic heterocycles. The highest BCUT2D eigenvalue weighted by molar-refractivity contribution is 7.89. The van der Waals surface area contributed by atoms with Gasteiger partial charge in [0, 0.05) is 29.3 Å². The van der Waals surface area contributed by atoms with E-state index in [9.17, 15) is 13.2 Å². The molecule has 0 fully saturated rings. The van der Waals surface area contributed by atoms with E-state index in [0.717, 1.165) is 5.52 Å². The van der Waals surface area contributed by atoms with Crippen LogP contribution in [-0.4, -0.2) is 31.6 Å². The maximum absolute atomic E-state index is 11.9. The third-order valence-corrected chi connectivity index (χ3v) is 3.40. The van der Waals surface area contributed by atoms with Crippen molar-refractivity contribution in [2.24, 2.45) is 5.14 Å². The van der Waals surface area contributed by atoms with E-state index in [0.29, 0.717) is 16.6 Å². The van der Waals surface area contributed by atoms with Gasteiger partial charge in [-0.15, -0.1) is 0 Å². The summed E-state index contributed by atoms with van der Waals surface area (Å²) in [7, 11) is -3.58. The van der Waals surface area contributed by atoms with Crippen LogP contribution in [0.5, 0.6) is 0 Å². The maximum atomic E-state index is 11.9. The van der Waals surface area contributed by atoms with Crippen LogP contribution >= 0.6 is 0 Å². The van der Waals surface area contributed by atoms with E-state index in [-0.39, 0.29) is 18.2 Å². The number of carbonyl (C=O) groups is 1. The highest BCUT2D eigenvalue weighted by atomic mass is 32.2. The number of carbonyl (C=O) groups excluding carboxylic acids is 1. The maximum Gasteiger partial charge on any atom is 0.253 e. The average molecular weight is 282 g/mol. The summed E-state index contributed by atoms with van der Waals surface area (Å²) in [6.07, 6.45) is 1.55. The number of anilines is 1. The summed E-state index contributed by atoms with van der Waals surface area (Å²) < 4.78 is 21.5. The van der Waals surface area contributed by atoms with E-state index < -0.39 is 10.0 Å². The Morgan fingerprint density at radius 2 is 2.11 bits per heavy atom. The Bertz CT molecular complexity index is 721. The zero-order chi connectivity index (χ0) is 14.0. The van der Waals surface area contributed by atoms with Gasteiger partial charge in [-0.1, -0.05) is 0 Å². The fraction of sp³-hybridized carbons (Fsp3) is 0.182. The molecule has 0 aliphatic carbocycles. The molecule has 0 saturated carbocycles. The van der Waals surface area contributed by atoms with E-state index in [1.165, 1.54) is 0 Å². The summed E-state index contributed by atoms with van der Waals surface area (Å²) in [6, 6.07) is 5.17. The van der Waals surface area contributed by atoms with Crippen molar-refractivity contribution < 1.29 is 13.2 Å². The van der Waals surface area contributed by atoms with E-state index >= 15 is 0 Å². The van der Waals surface area contributed by atoms with Gasteiger partial charge in [0.1, 0.15) is 0 Å². The number of hydrogen-bond donors (Lipinski definition) is 4. The lowest BCUT2D eigenvalue weighted by molar-refractivity contribution is 0.0958. The van der Waals surface area contributed by atoms with Crippen molar-refractivity contribution in [3.63, 3.8) is 0 Å². The number of benzene rings is 1. The zero-order valence-electron chi connectivity index (χ0n) is 10.0. The lowest BCUT2D eigenvalue weighted by Crippen LogP contribution is -2.31. The van der Waals surface area contributed by atoms with Crippen LogP contribution in [-0.2, 0) is 10.0 Å². The molecule has 7 nitrogen and oxygen atoms in total. The fourth-order valence-corrected chi connectivity index (χ4v) is 2.11. The first-order valence-electron chi connectivity index (χ1n) is 5.52. The van der Waals surface area contributed by atoms with Gasteiger partial charge in [0.15, 0.2) is 0 Å². The van der Waals surface area contributed by atoms with Crippen LogP contribution in [0.3, 0.4) is 0 Å². The molecule has 1 aromatic heterocycles. The molecule has 1 heterocycles. The van der Waals surface area contributed by atoms with E-state index in [4.69, 9.17) is 10.9 Å². The molecule has 0 radical (unpaired) electrons. The molecule has 6 N–H and O–H groups in total. The number of nitrogens with two attached hydrogens (primary N) is 2. The molecule has 102 valence electrons. The molecule has 2 aromatic rings. The minimum atomic E-state index is -3.58. The topological polar surface area (TPSA) is 131 Å². The number of aromatic nitrogens is 1. The molecule has 0 unspecified atom stereocenters. The van der Waals surface area contributed by atoms with E-state index in [1.54, 1.807) is 24.4 Å². The highest BCUT2D eigenvalue weighted by Gasteiger charge is 2.12. The van der Waals surface area contributed by atoms with Crippen molar-refractivity contribution in [2.75, 3.05) is 18.0 Å². The number of sulfonamides is 1. The summed E-state index contributed by atoms with van der Waals surface area (Å²) in [5.41, 5.74) is 7.41. The second kappa shape index (κ2) is 4.90. The molecule has 0 spiro atoms. The predicted octanol–water partition coefficient (Wildman–Crippen LogP) is -0.232. The Balaban J connectivity index is 2.15. The van der Waals surface area contributed by atoms with Gasteiger partial charge in [0.25, 0.3) is 5.91 Å². The minimum Gasteiger partial charge on any atom is -0.399 e. The van der Waals surface area contributed by atoms with Crippen molar-refractivity contribution in [1.82, 2.24) is 10.3 Å². The van der Waals surface area contributed by atoms with Gasteiger partial charge >= 0.3 is 0 Å². The van der Waals surface area contributed by atoms with Gasteiger partial charge in [-0.3, -0.25) is 4.79 Å². The number of hydrogen-bond acceptors (Lipinski definition) is 4. The first-order valence-corrected chi connectivity index (χ1v) is 7.23. The molecule has 1 amide bonds. The molecule has 0 atom stereocenters. The molecule has 1 aromatic carbocycles. The molecule has 0 bridgehead atoms. The molecule has 19 heavy (non-hydrogen) atoms. The number of rotatable bonds is 4. The number of aromatic amines is 1. The van der Waals surface area contributed by atoms with Gasteiger partial charge in [-0.25, -0.2) is 13.6 Å². The first kappa shape index (κ1) is 13.4. The fourth-order valence-electron chi connectivity index (χ4n) is 1.73. The predicted molar refractivity (Wildman–Crippen MR) is 73.0 cm³/mol. The van der Waals surface area contributed by atoms with Crippen molar-refractivity contribution in [1.29, 1.82) is 0 Å². The Kier molecular flexibility index (Phi) is 3.45. The lowest BCUT2D eigenvalue weighted by atomic mass is 10.1. The number of H-pyrrole nitrogens is 1. The van der Waals surface area contributed by atoms with Gasteiger partial charge in [-0.05, 0) is 18.2 Å². The molecule has 0 saturated heterocycles. The van der Waals surface area contributed by atoms with Crippen LogP contribution in [0, 0.1) is 0 Å². The van der Waals surface area contributed by atoms with Crippen molar-refractivity contribution in [2.45, 2.75) is 0 Å². The van der Waals surface area contributed by atoms with Crippen LogP contribution in [0.25, 0.3) is 10.9 Å². The van der Waals surface area contributed by atoms with E-state index in [1.807, 2.05) is 0 Å². The van der Waals surface area contributed by atoms with Gasteiger partial charge in [0.2, 0.25) is 10.0 Å². The van der Waals surface area contributed by atoms with Gasteiger partial charge in [0.05, 0.1) is 11.3 Å². The zero-order valence-corrected chi connectivity index (χ0v) is 10.8. The van der Waals surface area contributed by atoms with Crippen LogP contribution in [0.1, 0.15) is 10.4 Å². The molecule has 8 heteroatoms. The smallest absolute Gasteiger partial charge is 0.253 e. The van der Waals surface area contributed by atoms with Crippen LogP contribution < -0.4 is 16.2 Å². The Hall–Kier alpha value is -2.06. The number of fused-ring (bicyclic) bond motifs is 1. The second-order valence-corrected chi connectivity index (χ2v) is 5.86. The summed E-state index contributed by atoms with van der Waals surface area (Å²) in [4.78, 5) is 14.9. The quantitative estimate of drug-likeness (QED) is 0.577. The Morgan fingerprint density at radius 3 is 2.79 bits per heavy atom. The third kappa shape index (κ3) is 3.24. The summed E-state index contributed by atoms with van der Waals surface area (Å²) in [6.45, 7) is -0.0351. The minimum absolute atomic E-state index is 0.0351. The number of amides is 1. The molecular formula is C11H14N4O3S. The van der Waals surface area contributed by atoms with Crippen molar-refractivity contribution in [3.05, 3.63) is 30.0 Å². The normalized spacial score (nSPS) is 11.6. The summed E-state index contributed by atoms with van der Waals surface area (Å²) in [5, 5.41) is 8.03. The second-order valence-electron chi connectivity index (χ2n) is 4.13. The van der Waals surface area contributed by atoms with Crippen LogP contribution in [0.2, 0.25) is 0 Å². The largest absolute Gasteiger partial charge is 0.399 e.